The molecular formula is C23H21N3O3S3. The molecule has 1 fully saturated rings. The number of hydrogen-bond donors (Lipinski definition) is 1. The molecule has 32 heavy (non-hydrogen) atoms. The molecule has 3 heterocycles. The van der Waals surface area contributed by atoms with Crippen molar-refractivity contribution >= 4 is 54.5 Å². The second-order valence-corrected chi connectivity index (χ2v) is 11.8. The van der Waals surface area contributed by atoms with Crippen molar-refractivity contribution in [3.05, 3.63) is 66.0 Å². The lowest BCUT2D eigenvalue weighted by Gasteiger charge is -2.30. The fourth-order valence-electron chi connectivity index (χ4n) is 3.90. The maximum Gasteiger partial charge on any atom is 0.252 e. The summed E-state index contributed by atoms with van der Waals surface area (Å²) in [6, 6.07) is 19.0. The van der Waals surface area contributed by atoms with Crippen molar-refractivity contribution in [2.24, 2.45) is 5.92 Å². The monoisotopic (exact) mass is 483 g/mol. The van der Waals surface area contributed by atoms with Crippen molar-refractivity contribution in [3.8, 4) is 10.6 Å². The zero-order valence-corrected chi connectivity index (χ0v) is 19.6. The second-order valence-electron chi connectivity index (χ2n) is 7.63. The van der Waals surface area contributed by atoms with Crippen LogP contribution in [0.25, 0.3) is 20.8 Å². The molecule has 1 aliphatic heterocycles. The van der Waals surface area contributed by atoms with Gasteiger partial charge in [0.1, 0.15) is 9.22 Å². The largest absolute Gasteiger partial charge is 0.325 e. The highest BCUT2D eigenvalue weighted by Crippen LogP contribution is 2.35. The number of anilines is 1. The third kappa shape index (κ3) is 4.09. The second kappa shape index (κ2) is 8.74. The normalized spacial score (nSPS) is 15.8. The maximum atomic E-state index is 13.0. The van der Waals surface area contributed by atoms with E-state index in [4.69, 9.17) is 4.98 Å². The molecule has 5 rings (SSSR count). The lowest BCUT2D eigenvalue weighted by Crippen LogP contribution is -2.41. The number of piperidine rings is 1. The highest BCUT2D eigenvalue weighted by Gasteiger charge is 2.32. The Morgan fingerprint density at radius 3 is 2.50 bits per heavy atom. The fourth-order valence-corrected chi connectivity index (χ4v) is 7.52. The first kappa shape index (κ1) is 21.3. The van der Waals surface area contributed by atoms with Crippen molar-refractivity contribution in [2.75, 3.05) is 18.4 Å². The summed E-state index contributed by atoms with van der Waals surface area (Å²) in [5.74, 6) is -0.306. The summed E-state index contributed by atoms with van der Waals surface area (Å²) in [6.45, 7) is 0.690. The van der Waals surface area contributed by atoms with E-state index < -0.39 is 10.0 Å². The van der Waals surface area contributed by atoms with E-state index >= 15 is 0 Å². The lowest BCUT2D eigenvalue weighted by molar-refractivity contribution is -0.120. The summed E-state index contributed by atoms with van der Waals surface area (Å²) in [5, 5.41) is 5.69. The van der Waals surface area contributed by atoms with Gasteiger partial charge in [-0.2, -0.15) is 4.31 Å². The number of nitrogens with one attached hydrogen (secondary N) is 1. The SMILES string of the molecule is O=C(Nc1ccccc1-c1nc2ccccc2s1)C1CCN(S(=O)(=O)c2cccs2)CC1. The van der Waals surface area contributed by atoms with E-state index in [1.54, 1.807) is 28.8 Å². The number of hydrogen-bond acceptors (Lipinski definition) is 6. The van der Waals surface area contributed by atoms with Gasteiger partial charge in [-0.3, -0.25) is 4.79 Å². The van der Waals surface area contributed by atoms with Gasteiger partial charge in [0.25, 0.3) is 10.0 Å². The third-order valence-corrected chi connectivity index (χ3v) is 9.96. The van der Waals surface area contributed by atoms with Crippen molar-refractivity contribution in [2.45, 2.75) is 17.1 Å². The third-order valence-electron chi connectivity index (χ3n) is 5.62. The van der Waals surface area contributed by atoms with Crippen molar-refractivity contribution in [1.82, 2.24) is 9.29 Å². The number of thiophene rings is 1. The Morgan fingerprint density at radius 1 is 1.00 bits per heavy atom. The number of rotatable bonds is 5. The molecule has 0 saturated carbocycles. The summed E-state index contributed by atoms with van der Waals surface area (Å²) in [5.41, 5.74) is 2.55. The molecular weight excluding hydrogens is 462 g/mol. The van der Waals surface area contributed by atoms with Crippen molar-refractivity contribution < 1.29 is 13.2 Å². The van der Waals surface area contributed by atoms with E-state index in [9.17, 15) is 13.2 Å². The van der Waals surface area contributed by atoms with Gasteiger partial charge in [-0.15, -0.1) is 22.7 Å². The maximum absolute atomic E-state index is 13.0. The van der Waals surface area contributed by atoms with Gasteiger partial charge in [0.15, 0.2) is 0 Å². The highest BCUT2D eigenvalue weighted by molar-refractivity contribution is 7.91. The van der Waals surface area contributed by atoms with E-state index in [1.165, 1.54) is 15.6 Å². The zero-order chi connectivity index (χ0) is 22.1. The Balaban J connectivity index is 1.29. The van der Waals surface area contributed by atoms with Crippen LogP contribution in [-0.4, -0.2) is 36.7 Å². The van der Waals surface area contributed by atoms with Crippen LogP contribution in [0.5, 0.6) is 0 Å². The van der Waals surface area contributed by atoms with E-state index in [2.05, 4.69) is 5.32 Å². The molecule has 0 spiro atoms. The van der Waals surface area contributed by atoms with Crippen LogP contribution in [0, 0.1) is 5.92 Å². The van der Waals surface area contributed by atoms with Crippen LogP contribution >= 0.6 is 22.7 Å². The van der Waals surface area contributed by atoms with Gasteiger partial charge in [0, 0.05) is 24.6 Å². The van der Waals surface area contributed by atoms with E-state index in [0.29, 0.717) is 30.1 Å². The minimum Gasteiger partial charge on any atom is -0.325 e. The van der Waals surface area contributed by atoms with Gasteiger partial charge in [0.05, 0.1) is 15.9 Å². The van der Waals surface area contributed by atoms with E-state index in [0.717, 1.165) is 26.5 Å². The van der Waals surface area contributed by atoms with Crippen LogP contribution < -0.4 is 5.32 Å². The highest BCUT2D eigenvalue weighted by atomic mass is 32.2. The predicted octanol–water partition coefficient (Wildman–Crippen LogP) is 5.06. The molecule has 1 saturated heterocycles. The van der Waals surface area contributed by atoms with Crippen LogP contribution in [0.3, 0.4) is 0 Å². The molecule has 0 radical (unpaired) electrons. The zero-order valence-electron chi connectivity index (χ0n) is 17.1. The Labute approximate surface area is 194 Å². The molecule has 0 atom stereocenters. The number of benzene rings is 2. The minimum absolute atomic E-state index is 0.0771. The Bertz CT molecular complexity index is 1320. The number of para-hydroxylation sites is 2. The summed E-state index contributed by atoms with van der Waals surface area (Å²) in [4.78, 5) is 17.7. The van der Waals surface area contributed by atoms with Gasteiger partial charge >= 0.3 is 0 Å². The number of carbonyl (C=O) groups excluding carboxylic acids is 1. The molecule has 2 aromatic heterocycles. The number of carbonyl (C=O) groups is 1. The van der Waals surface area contributed by atoms with Gasteiger partial charge in [0.2, 0.25) is 5.91 Å². The molecule has 1 N–H and O–H groups in total. The fraction of sp³-hybridized carbons (Fsp3) is 0.217. The standard InChI is InChI=1S/C23H21N3O3S3/c27-22(16-11-13-26(14-12-16)32(28,29)21-10-5-15-30-21)24-18-7-2-1-6-17(18)23-25-19-8-3-4-9-20(19)31-23/h1-10,15-16H,11-14H2,(H,24,27). The molecule has 2 aromatic carbocycles. The number of nitrogens with zero attached hydrogens (tertiary/aromatic N) is 2. The first-order valence-electron chi connectivity index (χ1n) is 10.3. The van der Waals surface area contributed by atoms with Gasteiger partial charge < -0.3 is 5.32 Å². The Hall–Kier alpha value is -2.59. The van der Waals surface area contributed by atoms with Gasteiger partial charge in [-0.1, -0.05) is 30.3 Å². The molecule has 0 unspecified atom stereocenters. The topological polar surface area (TPSA) is 79.4 Å². The van der Waals surface area contributed by atoms with Crippen molar-refractivity contribution in [3.63, 3.8) is 0 Å². The molecule has 1 amide bonds. The quantitative estimate of drug-likeness (QED) is 0.430. The minimum atomic E-state index is -3.47. The Kier molecular flexibility index (Phi) is 5.81. The molecule has 0 bridgehead atoms. The molecule has 4 aromatic rings. The average molecular weight is 484 g/mol. The summed E-state index contributed by atoms with van der Waals surface area (Å²) in [6.07, 6.45) is 0.999. The number of thiazole rings is 1. The number of amides is 1. The van der Waals surface area contributed by atoms with Crippen molar-refractivity contribution in [1.29, 1.82) is 0 Å². The number of fused-ring (bicyclic) bond motifs is 1. The smallest absolute Gasteiger partial charge is 0.252 e. The van der Waals surface area contributed by atoms with Crippen LogP contribution in [0.1, 0.15) is 12.8 Å². The van der Waals surface area contributed by atoms with E-state index in [-0.39, 0.29) is 11.8 Å². The summed E-state index contributed by atoms with van der Waals surface area (Å²) >= 11 is 2.81. The lowest BCUT2D eigenvalue weighted by atomic mass is 9.97. The predicted molar refractivity (Wildman–Crippen MR) is 129 cm³/mol. The van der Waals surface area contributed by atoms with Crippen LogP contribution in [0.4, 0.5) is 5.69 Å². The molecule has 9 heteroatoms. The number of aromatic nitrogens is 1. The molecule has 6 nitrogen and oxygen atoms in total. The van der Waals surface area contributed by atoms with Gasteiger partial charge in [-0.05, 0) is 48.6 Å². The average Bonchev–Trinajstić information content (AvgIpc) is 3.50. The van der Waals surface area contributed by atoms with Crippen LogP contribution in [0.15, 0.2) is 70.3 Å². The first-order valence-corrected chi connectivity index (χ1v) is 13.5. The first-order chi connectivity index (χ1) is 15.5. The van der Waals surface area contributed by atoms with Gasteiger partial charge in [-0.25, -0.2) is 13.4 Å². The Morgan fingerprint density at radius 2 is 1.75 bits per heavy atom. The molecule has 164 valence electrons. The molecule has 0 aliphatic carbocycles. The van der Waals surface area contributed by atoms with E-state index in [1.807, 2.05) is 48.5 Å². The van der Waals surface area contributed by atoms with Crippen LogP contribution in [-0.2, 0) is 14.8 Å². The summed E-state index contributed by atoms with van der Waals surface area (Å²) in [7, 11) is -3.47. The van der Waals surface area contributed by atoms with Crippen LogP contribution in [0.2, 0.25) is 0 Å². The summed E-state index contributed by atoms with van der Waals surface area (Å²) < 4.78 is 28.4. The molecule has 1 aliphatic rings. The number of sulfonamides is 1.